The van der Waals surface area contributed by atoms with Gasteiger partial charge in [-0.1, -0.05) is 75.4 Å². The van der Waals surface area contributed by atoms with Gasteiger partial charge in [0.2, 0.25) is 18.7 Å². The number of amides is 4. The molecule has 9 nitrogen and oxygen atoms in total. The number of para-hydroxylation sites is 2. The molecule has 3 aromatic carbocycles. The number of likely N-dealkylation sites (N-methyl/N-ethyl adjacent to an activating group) is 1. The van der Waals surface area contributed by atoms with Gasteiger partial charge in [0.25, 0.3) is 5.91 Å². The predicted molar refractivity (Wildman–Crippen MR) is 206 cm³/mol. The van der Waals surface area contributed by atoms with Crippen molar-refractivity contribution in [3.63, 3.8) is 0 Å². The summed E-state index contributed by atoms with van der Waals surface area (Å²) >= 11 is 0.762. The molecule has 0 saturated heterocycles. The van der Waals surface area contributed by atoms with Gasteiger partial charge in [-0.25, -0.2) is 0 Å². The van der Waals surface area contributed by atoms with Gasteiger partial charge in [-0.2, -0.15) is 0 Å². The number of hydrogen-bond acceptors (Lipinski definition) is 7. The Labute approximate surface area is 296 Å². The van der Waals surface area contributed by atoms with Crippen molar-refractivity contribution < 1.29 is 23.7 Å². The van der Waals surface area contributed by atoms with E-state index in [-0.39, 0.29) is 11.8 Å². The minimum Gasteiger partial charge on any atom is -0.356 e. The van der Waals surface area contributed by atoms with E-state index in [9.17, 15) is 23.7 Å². The highest BCUT2D eigenvalue weighted by molar-refractivity contribution is 7.93. The number of nitrogens with one attached hydrogen (secondary N) is 1. The van der Waals surface area contributed by atoms with Crippen LogP contribution in [0.1, 0.15) is 40.5 Å². The van der Waals surface area contributed by atoms with Gasteiger partial charge in [0.1, 0.15) is 0 Å². The Kier molecular flexibility index (Phi) is 18.4. The van der Waals surface area contributed by atoms with Gasteiger partial charge in [-0.15, -0.1) is 0 Å². The molecular formula is C38H47N4O5PS. The second kappa shape index (κ2) is 22.2. The lowest BCUT2D eigenvalue weighted by Gasteiger charge is -2.22. The van der Waals surface area contributed by atoms with Crippen molar-refractivity contribution in [2.24, 2.45) is 0 Å². The van der Waals surface area contributed by atoms with Crippen LogP contribution in [0.5, 0.6) is 0 Å². The summed E-state index contributed by atoms with van der Waals surface area (Å²) in [6.45, 7) is 11.3. The monoisotopic (exact) mass is 702 g/mol. The highest BCUT2D eigenvalue weighted by atomic mass is 32.2. The minimum atomic E-state index is -0.599. The molecule has 1 unspecified atom stereocenters. The first-order valence-electron chi connectivity index (χ1n) is 16.1. The smallest absolute Gasteiger partial charge is 0.253 e. The molecule has 4 rings (SSSR count). The molecule has 1 aliphatic rings. The summed E-state index contributed by atoms with van der Waals surface area (Å²) in [5.74, 6) is 0.0155. The molecule has 1 heterocycles. The number of benzene rings is 3. The van der Waals surface area contributed by atoms with Gasteiger partial charge < -0.3 is 19.7 Å². The second-order valence-electron chi connectivity index (χ2n) is 10.4. The van der Waals surface area contributed by atoms with Crippen LogP contribution in [0, 0.1) is 0 Å². The van der Waals surface area contributed by atoms with Crippen molar-refractivity contribution in [3.05, 3.63) is 114 Å². The van der Waals surface area contributed by atoms with Crippen molar-refractivity contribution in [1.29, 1.82) is 0 Å². The molecule has 11 heteroatoms. The number of carbonyl (C=O) groups excluding carboxylic acids is 4. The number of nitrogens with zero attached hydrogens (tertiary/aromatic N) is 3. The maximum Gasteiger partial charge on any atom is 0.253 e. The van der Waals surface area contributed by atoms with Gasteiger partial charge in [-0.05, 0) is 76.5 Å². The van der Waals surface area contributed by atoms with Gasteiger partial charge in [0.15, 0.2) is 0 Å². The fourth-order valence-electron chi connectivity index (χ4n) is 4.70. The fourth-order valence-corrected chi connectivity index (χ4v) is 7.09. The third-order valence-electron chi connectivity index (χ3n) is 7.30. The number of allylic oxidation sites excluding steroid dienone is 4. The van der Waals surface area contributed by atoms with E-state index in [1.54, 1.807) is 36.2 Å². The summed E-state index contributed by atoms with van der Waals surface area (Å²) < 4.78 is 9.52. The zero-order valence-electron chi connectivity index (χ0n) is 29.1. The molecule has 260 valence electrons. The zero-order valence-corrected chi connectivity index (χ0v) is 30.8. The molecule has 2 N–H and O–H groups in total. The fraction of sp³-hybridized carbons (Fsp3) is 0.263. The van der Waals surface area contributed by atoms with E-state index in [0.29, 0.717) is 37.0 Å². The van der Waals surface area contributed by atoms with Crippen LogP contribution in [0.4, 0.5) is 17.1 Å². The third-order valence-corrected chi connectivity index (χ3v) is 9.92. The Morgan fingerprint density at radius 1 is 0.939 bits per heavy atom. The molecule has 3 aromatic rings. The first-order valence-corrected chi connectivity index (χ1v) is 18.7. The molecule has 1 aliphatic heterocycles. The van der Waals surface area contributed by atoms with E-state index in [0.717, 1.165) is 46.2 Å². The largest absolute Gasteiger partial charge is 0.356 e. The Bertz CT molecular complexity index is 1590. The molecule has 0 aliphatic carbocycles. The van der Waals surface area contributed by atoms with Crippen LogP contribution in [0.2, 0.25) is 0 Å². The van der Waals surface area contributed by atoms with Crippen LogP contribution in [-0.2, 0) is 19.2 Å². The van der Waals surface area contributed by atoms with Crippen molar-refractivity contribution >= 4 is 67.0 Å². The number of imide groups is 1. The van der Waals surface area contributed by atoms with Gasteiger partial charge in [0.05, 0.1) is 5.69 Å². The SMILES string of the molecule is CC.CCC(=O)NCCCN1/C(=C/C=C/C=C(\C)C(=O)N(C)c2ccccc2)P(C)c2cc(SO)ccc21.O=CN(C=O)c1ccccc1. The van der Waals surface area contributed by atoms with E-state index in [1.165, 1.54) is 10.7 Å². The van der Waals surface area contributed by atoms with Gasteiger partial charge >= 0.3 is 0 Å². The van der Waals surface area contributed by atoms with Crippen LogP contribution in [-0.4, -0.2) is 56.0 Å². The molecule has 4 amide bonds. The molecule has 1 atom stereocenters. The lowest BCUT2D eigenvalue weighted by molar-refractivity contribution is -0.121. The molecule has 0 radical (unpaired) electrons. The first kappa shape index (κ1) is 40.7. The minimum absolute atomic E-state index is 0.0469. The van der Waals surface area contributed by atoms with Crippen molar-refractivity contribution in [2.75, 3.05) is 41.5 Å². The summed E-state index contributed by atoms with van der Waals surface area (Å²) in [6.07, 6.45) is 10.1. The summed E-state index contributed by atoms with van der Waals surface area (Å²) in [5, 5.41) is 4.18. The lowest BCUT2D eigenvalue weighted by Crippen LogP contribution is -2.28. The number of carbonyl (C=O) groups is 4. The Hall–Kier alpha value is -4.50. The Morgan fingerprint density at radius 3 is 2.12 bits per heavy atom. The highest BCUT2D eigenvalue weighted by Gasteiger charge is 2.30. The number of rotatable bonds is 13. The van der Waals surface area contributed by atoms with Gasteiger partial charge in [-0.3, -0.25) is 24.1 Å². The van der Waals surface area contributed by atoms with E-state index in [4.69, 9.17) is 0 Å². The molecular weight excluding hydrogens is 655 g/mol. The van der Waals surface area contributed by atoms with Crippen LogP contribution in [0.25, 0.3) is 0 Å². The Morgan fingerprint density at radius 2 is 1.55 bits per heavy atom. The average molecular weight is 703 g/mol. The van der Waals surface area contributed by atoms with Crippen molar-refractivity contribution in [2.45, 2.75) is 45.4 Å². The molecule has 0 aromatic heterocycles. The molecule has 49 heavy (non-hydrogen) atoms. The predicted octanol–water partition coefficient (Wildman–Crippen LogP) is 7.56. The van der Waals surface area contributed by atoms with Crippen molar-refractivity contribution in [3.8, 4) is 0 Å². The normalized spacial score (nSPS) is 14.2. The maximum absolute atomic E-state index is 12.8. The zero-order chi connectivity index (χ0) is 36.2. The lowest BCUT2D eigenvalue weighted by atomic mass is 10.2. The quantitative estimate of drug-likeness (QED) is 0.0473. The third kappa shape index (κ3) is 12.2. The van der Waals surface area contributed by atoms with Crippen LogP contribution in [0.15, 0.2) is 119 Å². The van der Waals surface area contributed by atoms with Crippen LogP contribution >= 0.6 is 20.0 Å². The molecule has 0 fully saturated rings. The second-order valence-corrected chi connectivity index (χ2v) is 13.1. The van der Waals surface area contributed by atoms with E-state index in [1.807, 2.05) is 88.4 Å². The van der Waals surface area contributed by atoms with Gasteiger partial charge in [0, 0.05) is 71.2 Å². The summed E-state index contributed by atoms with van der Waals surface area (Å²) in [5.41, 5.74) is 4.44. The van der Waals surface area contributed by atoms with Crippen molar-refractivity contribution in [1.82, 2.24) is 5.32 Å². The standard InChI is InChI=1S/C28H34N3O3PS.C8H7NO2.C2H6/c1-5-26(32)29-18-11-19-31-24-17-16-23(36-34)20-25(24)35(4)27(31)15-10-9-12-21(2)28(33)30(3)22-13-7-6-8-14-22;10-6-9(7-11)8-4-2-1-3-5-8;1-2/h6-10,12-17,20,34H,5,11,18-19H2,1-4H3,(H,29,32);1-7H;1-2H3/b10-9+,21-12+,27-15-;;. The number of fused-ring (bicyclic) bond motifs is 1. The highest BCUT2D eigenvalue weighted by Crippen LogP contribution is 2.52. The molecule has 0 saturated carbocycles. The Balaban J connectivity index is 0.000000539. The van der Waals surface area contributed by atoms with E-state index in [2.05, 4.69) is 35.1 Å². The van der Waals surface area contributed by atoms with Crippen LogP contribution in [0.3, 0.4) is 0 Å². The topological polar surface area (TPSA) is 110 Å². The van der Waals surface area contributed by atoms with E-state index >= 15 is 0 Å². The molecule has 0 bridgehead atoms. The first-order chi connectivity index (χ1) is 23.7. The van der Waals surface area contributed by atoms with Crippen LogP contribution < -0.4 is 25.3 Å². The van der Waals surface area contributed by atoms with E-state index < -0.39 is 7.92 Å². The maximum atomic E-state index is 12.8. The summed E-state index contributed by atoms with van der Waals surface area (Å²) in [6, 6.07) is 24.3. The number of anilines is 3. The molecule has 0 spiro atoms. The summed E-state index contributed by atoms with van der Waals surface area (Å²) in [7, 11) is 1.18. The summed E-state index contributed by atoms with van der Waals surface area (Å²) in [4.78, 5) is 50.6. The number of hydrogen-bond donors (Lipinski definition) is 2. The average Bonchev–Trinajstić information content (AvgIpc) is 3.42.